The van der Waals surface area contributed by atoms with Gasteiger partial charge in [-0.05, 0) is 61.2 Å². The molecule has 2 N–H and O–H groups in total. The van der Waals surface area contributed by atoms with E-state index in [9.17, 15) is 9.90 Å². The molecule has 4 nitrogen and oxygen atoms in total. The number of hydrogen-bond donors (Lipinski definition) is 2. The molecule has 0 atom stereocenters. The topological polar surface area (TPSA) is 58.6 Å². The maximum Gasteiger partial charge on any atom is 0.230 e. The van der Waals surface area contributed by atoms with Crippen molar-refractivity contribution in [1.29, 1.82) is 0 Å². The van der Waals surface area contributed by atoms with E-state index < -0.39 is 0 Å². The Bertz CT molecular complexity index is 661. The van der Waals surface area contributed by atoms with Gasteiger partial charge in [0.15, 0.2) is 0 Å². The van der Waals surface area contributed by atoms with E-state index in [4.69, 9.17) is 4.74 Å². The van der Waals surface area contributed by atoms with Crippen molar-refractivity contribution < 1.29 is 14.6 Å². The van der Waals surface area contributed by atoms with Gasteiger partial charge in [-0.1, -0.05) is 51.8 Å². The first-order chi connectivity index (χ1) is 13.0. The minimum atomic E-state index is 0.0391. The smallest absolute Gasteiger partial charge is 0.230 e. The predicted octanol–water partition coefficient (Wildman–Crippen LogP) is 6.18. The van der Waals surface area contributed by atoms with Crippen LogP contribution < -0.4 is 9.46 Å². The van der Waals surface area contributed by atoms with E-state index in [0.29, 0.717) is 18.6 Å². The zero-order valence-electron chi connectivity index (χ0n) is 17.6. The summed E-state index contributed by atoms with van der Waals surface area (Å²) in [7, 11) is 0. The van der Waals surface area contributed by atoms with Crippen molar-refractivity contribution >= 4 is 17.9 Å². The first-order valence-corrected chi connectivity index (χ1v) is 10.6. The van der Waals surface area contributed by atoms with E-state index in [0.717, 1.165) is 22.4 Å². The van der Waals surface area contributed by atoms with Crippen LogP contribution in [-0.4, -0.2) is 17.3 Å². The van der Waals surface area contributed by atoms with Gasteiger partial charge in [0.05, 0.1) is 0 Å². The quantitative estimate of drug-likeness (QED) is 0.577. The molecule has 0 bridgehead atoms. The fourth-order valence-corrected chi connectivity index (χ4v) is 2.73. The molecule has 5 heteroatoms. The molecule has 0 unspecified atom stereocenters. The number of carbonyl (C=O) groups is 1. The van der Waals surface area contributed by atoms with Crippen molar-refractivity contribution in [2.45, 2.75) is 54.4 Å². The SMILES string of the molecule is CC.CC.CSNC(=O)CCc1cc(C)c(Oc2ccc(O)cc2)c(C)c1. The van der Waals surface area contributed by atoms with E-state index in [1.54, 1.807) is 24.3 Å². The van der Waals surface area contributed by atoms with Gasteiger partial charge in [0.2, 0.25) is 5.91 Å². The van der Waals surface area contributed by atoms with Crippen molar-refractivity contribution in [2.24, 2.45) is 0 Å². The second-order valence-corrected chi connectivity index (χ2v) is 6.00. The summed E-state index contributed by atoms with van der Waals surface area (Å²) in [6.45, 7) is 12.0. The minimum absolute atomic E-state index is 0.0391. The largest absolute Gasteiger partial charge is 0.508 e. The van der Waals surface area contributed by atoms with Crippen LogP contribution in [0.4, 0.5) is 0 Å². The molecule has 0 heterocycles. The van der Waals surface area contributed by atoms with Crippen LogP contribution in [0.25, 0.3) is 0 Å². The van der Waals surface area contributed by atoms with Crippen LogP contribution in [0.3, 0.4) is 0 Å². The Hall–Kier alpha value is -2.14. The summed E-state index contributed by atoms with van der Waals surface area (Å²) in [4.78, 5) is 11.5. The van der Waals surface area contributed by atoms with Crippen LogP contribution in [0.1, 0.15) is 50.8 Å². The number of rotatable bonds is 6. The number of carbonyl (C=O) groups excluding carboxylic acids is 1. The lowest BCUT2D eigenvalue weighted by atomic mass is 10.0. The molecule has 0 saturated heterocycles. The first-order valence-electron chi connectivity index (χ1n) is 9.38. The van der Waals surface area contributed by atoms with Crippen LogP contribution in [0.5, 0.6) is 17.2 Å². The first kappa shape index (κ1) is 24.9. The normalized spacial score (nSPS) is 9.30. The predicted molar refractivity (Wildman–Crippen MR) is 117 cm³/mol. The van der Waals surface area contributed by atoms with Gasteiger partial charge in [0, 0.05) is 12.7 Å². The molecule has 150 valence electrons. The molecule has 2 aromatic rings. The molecule has 2 rings (SSSR count). The summed E-state index contributed by atoms with van der Waals surface area (Å²) in [5.41, 5.74) is 3.17. The summed E-state index contributed by atoms with van der Waals surface area (Å²) in [6.07, 6.45) is 3.01. The molecule has 0 saturated carbocycles. The van der Waals surface area contributed by atoms with Crippen molar-refractivity contribution in [2.75, 3.05) is 6.26 Å². The Morgan fingerprint density at radius 3 is 2.04 bits per heavy atom. The molecule has 0 aliphatic heterocycles. The second kappa shape index (κ2) is 14.0. The van der Waals surface area contributed by atoms with Gasteiger partial charge in [-0.15, -0.1) is 0 Å². The molecule has 0 aliphatic rings. The standard InChI is InChI=1S/C18H21NO3S.2C2H6/c1-12-10-14(4-9-17(21)19-23-3)11-13(2)18(12)22-16-7-5-15(20)6-8-16;2*1-2/h5-8,10-11,20H,4,9H2,1-3H3,(H,19,21);2*1-2H3. The van der Waals surface area contributed by atoms with Crippen molar-refractivity contribution in [3.05, 3.63) is 53.1 Å². The Labute approximate surface area is 168 Å². The zero-order chi connectivity index (χ0) is 20.8. The molecule has 2 aromatic carbocycles. The Morgan fingerprint density at radius 1 is 1.04 bits per heavy atom. The average molecular weight is 392 g/mol. The van der Waals surface area contributed by atoms with E-state index >= 15 is 0 Å². The van der Waals surface area contributed by atoms with Gasteiger partial charge >= 0.3 is 0 Å². The monoisotopic (exact) mass is 391 g/mol. The Balaban J connectivity index is 0.00000158. The summed E-state index contributed by atoms with van der Waals surface area (Å²) in [5.74, 6) is 1.75. The fourth-order valence-electron chi connectivity index (χ4n) is 2.40. The molecule has 0 aliphatic carbocycles. The van der Waals surface area contributed by atoms with Gasteiger partial charge in [0.25, 0.3) is 0 Å². The van der Waals surface area contributed by atoms with Crippen LogP contribution >= 0.6 is 11.9 Å². The average Bonchev–Trinajstić information content (AvgIpc) is 2.68. The van der Waals surface area contributed by atoms with Crippen molar-refractivity contribution in [1.82, 2.24) is 4.72 Å². The summed E-state index contributed by atoms with van der Waals surface area (Å²) in [5, 5.41) is 9.32. The van der Waals surface area contributed by atoms with Gasteiger partial charge in [-0.3, -0.25) is 4.79 Å². The van der Waals surface area contributed by atoms with Gasteiger partial charge in [0.1, 0.15) is 17.2 Å². The highest BCUT2D eigenvalue weighted by Gasteiger charge is 2.09. The summed E-state index contributed by atoms with van der Waals surface area (Å²) >= 11 is 1.32. The number of amides is 1. The summed E-state index contributed by atoms with van der Waals surface area (Å²) in [6, 6.07) is 10.8. The minimum Gasteiger partial charge on any atom is -0.508 e. The number of aromatic hydroxyl groups is 1. The zero-order valence-corrected chi connectivity index (χ0v) is 18.4. The van der Waals surface area contributed by atoms with E-state index in [1.807, 2.05) is 47.8 Å². The highest BCUT2D eigenvalue weighted by atomic mass is 32.2. The number of ether oxygens (including phenoxy) is 1. The molecule has 0 fully saturated rings. The van der Waals surface area contributed by atoms with E-state index in [-0.39, 0.29) is 11.7 Å². The fraction of sp³-hybridized carbons (Fsp3) is 0.409. The molecule has 0 spiro atoms. The number of phenolic OH excluding ortho intramolecular Hbond substituents is 1. The maximum atomic E-state index is 11.5. The molecular formula is C22H33NO3S. The van der Waals surface area contributed by atoms with Crippen LogP contribution in [0.15, 0.2) is 36.4 Å². The molecule has 0 aromatic heterocycles. The third kappa shape index (κ3) is 8.87. The van der Waals surface area contributed by atoms with Crippen LogP contribution in [-0.2, 0) is 11.2 Å². The number of nitrogens with one attached hydrogen (secondary N) is 1. The van der Waals surface area contributed by atoms with Crippen LogP contribution in [0.2, 0.25) is 0 Å². The third-order valence-corrected chi connectivity index (χ3v) is 3.87. The molecule has 1 amide bonds. The van der Waals surface area contributed by atoms with Gasteiger partial charge in [-0.25, -0.2) is 0 Å². The van der Waals surface area contributed by atoms with Gasteiger partial charge in [-0.2, -0.15) is 0 Å². The van der Waals surface area contributed by atoms with E-state index in [1.165, 1.54) is 11.9 Å². The third-order valence-electron chi connectivity index (χ3n) is 3.43. The number of aryl methyl sites for hydroxylation is 3. The number of phenols is 1. The lowest BCUT2D eigenvalue weighted by Gasteiger charge is -2.14. The van der Waals surface area contributed by atoms with Crippen LogP contribution in [0, 0.1) is 13.8 Å². The van der Waals surface area contributed by atoms with Crippen molar-refractivity contribution in [3.63, 3.8) is 0 Å². The Morgan fingerprint density at radius 2 is 1.56 bits per heavy atom. The summed E-state index contributed by atoms with van der Waals surface area (Å²) < 4.78 is 8.65. The lowest BCUT2D eigenvalue weighted by molar-refractivity contribution is -0.119. The van der Waals surface area contributed by atoms with E-state index in [2.05, 4.69) is 16.9 Å². The number of benzene rings is 2. The molecular weight excluding hydrogens is 358 g/mol. The Kier molecular flexibility index (Phi) is 12.9. The lowest BCUT2D eigenvalue weighted by Crippen LogP contribution is -2.15. The van der Waals surface area contributed by atoms with Gasteiger partial charge < -0.3 is 14.6 Å². The number of hydrogen-bond acceptors (Lipinski definition) is 4. The highest BCUT2D eigenvalue weighted by Crippen LogP contribution is 2.31. The second-order valence-electron chi connectivity index (χ2n) is 5.38. The van der Waals surface area contributed by atoms with Crippen molar-refractivity contribution in [3.8, 4) is 17.2 Å². The maximum absolute atomic E-state index is 11.5. The molecule has 0 radical (unpaired) electrons. The molecule has 27 heavy (non-hydrogen) atoms. The highest BCUT2D eigenvalue weighted by molar-refractivity contribution is 7.97.